The van der Waals surface area contributed by atoms with Crippen LogP contribution in [0.2, 0.25) is 0 Å². The van der Waals surface area contributed by atoms with E-state index >= 15 is 0 Å². The van der Waals surface area contributed by atoms with Crippen molar-refractivity contribution in [2.45, 2.75) is 12.6 Å². The van der Waals surface area contributed by atoms with Crippen LogP contribution in [0.25, 0.3) is 0 Å². The second-order valence-corrected chi connectivity index (χ2v) is 3.49. The van der Waals surface area contributed by atoms with Gasteiger partial charge < -0.3 is 9.84 Å². The van der Waals surface area contributed by atoms with Gasteiger partial charge in [-0.25, -0.2) is 4.98 Å². The number of hydrogen-bond acceptors (Lipinski definition) is 4. The fraction of sp³-hybridized carbons (Fsp3) is 0.429. The van der Waals surface area contributed by atoms with Gasteiger partial charge >= 0.3 is 12.1 Å². The van der Waals surface area contributed by atoms with Gasteiger partial charge in [0.25, 0.3) is 0 Å². The molecule has 0 unspecified atom stereocenters. The zero-order chi connectivity index (χ0) is 11.6. The third-order valence-corrected chi connectivity index (χ3v) is 2.51. The molecule has 0 aliphatic heterocycles. The molecule has 0 atom stereocenters. The molecule has 0 amide bonds. The number of hydrogen-bond donors (Lipinski definition) is 1. The number of rotatable bonds is 3. The molecule has 0 fully saturated rings. The Hall–Kier alpha value is -1.31. The molecule has 1 heterocycles. The Balaban J connectivity index is 3.06. The molecule has 1 aromatic rings. The van der Waals surface area contributed by atoms with Gasteiger partial charge in [0, 0.05) is 0 Å². The van der Waals surface area contributed by atoms with Gasteiger partial charge in [-0.15, -0.1) is 0 Å². The lowest BCUT2D eigenvalue weighted by atomic mass is 10.3. The van der Waals surface area contributed by atoms with Gasteiger partial charge in [-0.3, -0.25) is 4.79 Å². The normalized spacial score (nSPS) is 11.5. The van der Waals surface area contributed by atoms with Crippen LogP contribution in [0.5, 0.6) is 5.06 Å². The number of ether oxygens (including phenoxy) is 1. The minimum absolute atomic E-state index is 0.121. The largest absolute Gasteiger partial charge is 0.486 e. The van der Waals surface area contributed by atoms with Crippen molar-refractivity contribution in [3.63, 3.8) is 0 Å². The summed E-state index contributed by atoms with van der Waals surface area (Å²) in [6, 6.07) is 0. The SMILES string of the molecule is COc1sc(C(F)(F)F)nc1CC(=O)O. The molecule has 0 aromatic carbocycles. The number of carbonyl (C=O) groups is 1. The second-order valence-electron chi connectivity index (χ2n) is 2.53. The van der Waals surface area contributed by atoms with E-state index in [1.165, 1.54) is 7.11 Å². The average Bonchev–Trinajstić information content (AvgIpc) is 2.45. The van der Waals surface area contributed by atoms with Gasteiger partial charge in [-0.1, -0.05) is 11.3 Å². The lowest BCUT2D eigenvalue weighted by Gasteiger charge is -1.98. The first kappa shape index (κ1) is 11.8. The summed E-state index contributed by atoms with van der Waals surface area (Å²) < 4.78 is 41.2. The number of halogens is 3. The Bertz CT molecular complexity index is 374. The van der Waals surface area contributed by atoms with Crippen molar-refractivity contribution < 1.29 is 27.8 Å². The third kappa shape index (κ3) is 2.82. The molecule has 8 heteroatoms. The minimum Gasteiger partial charge on any atom is -0.486 e. The van der Waals surface area contributed by atoms with Crippen molar-refractivity contribution in [1.29, 1.82) is 0 Å². The van der Waals surface area contributed by atoms with Crippen molar-refractivity contribution in [2.24, 2.45) is 0 Å². The van der Waals surface area contributed by atoms with Gasteiger partial charge in [0.15, 0.2) is 5.06 Å². The van der Waals surface area contributed by atoms with Gasteiger partial charge in [-0.2, -0.15) is 13.2 Å². The standard InChI is InChI=1S/C7H6F3NO3S/c1-14-5-3(2-4(12)13)11-6(15-5)7(8,9)10/h2H2,1H3,(H,12,13). The molecule has 0 spiro atoms. The summed E-state index contributed by atoms with van der Waals surface area (Å²) in [5.41, 5.74) is -0.206. The second kappa shape index (κ2) is 4.05. The molecular formula is C7H6F3NO3S. The quantitative estimate of drug-likeness (QED) is 0.876. The lowest BCUT2D eigenvalue weighted by molar-refractivity contribution is -0.139. The fourth-order valence-corrected chi connectivity index (χ4v) is 1.64. The van der Waals surface area contributed by atoms with Crippen LogP contribution in [0.1, 0.15) is 10.7 Å². The van der Waals surface area contributed by atoms with Gasteiger partial charge in [-0.05, 0) is 0 Å². The molecule has 1 N–H and O–H groups in total. The van der Waals surface area contributed by atoms with Crippen LogP contribution < -0.4 is 4.74 Å². The number of aromatic nitrogens is 1. The van der Waals surface area contributed by atoms with E-state index in [0.29, 0.717) is 0 Å². The van der Waals surface area contributed by atoms with Gasteiger partial charge in [0.05, 0.1) is 13.5 Å². The van der Waals surface area contributed by atoms with E-state index in [0.717, 1.165) is 0 Å². The predicted octanol–water partition coefficient (Wildman–Crippen LogP) is 1.80. The van der Waals surface area contributed by atoms with Crippen molar-refractivity contribution in [1.82, 2.24) is 4.98 Å². The molecule has 0 radical (unpaired) electrons. The highest BCUT2D eigenvalue weighted by Crippen LogP contribution is 2.37. The van der Waals surface area contributed by atoms with Crippen molar-refractivity contribution in [3.8, 4) is 5.06 Å². The fourth-order valence-electron chi connectivity index (χ4n) is 0.873. The van der Waals surface area contributed by atoms with Crippen LogP contribution in [-0.2, 0) is 17.4 Å². The molecule has 0 aliphatic rings. The molecule has 0 saturated heterocycles. The zero-order valence-electron chi connectivity index (χ0n) is 7.46. The Kier molecular flexibility index (Phi) is 3.18. The first-order valence-corrected chi connectivity index (χ1v) is 4.49. The van der Waals surface area contributed by atoms with E-state index in [-0.39, 0.29) is 22.1 Å². The van der Waals surface area contributed by atoms with Crippen LogP contribution in [-0.4, -0.2) is 23.2 Å². The van der Waals surface area contributed by atoms with Crippen LogP contribution in [0, 0.1) is 0 Å². The van der Waals surface area contributed by atoms with Crippen LogP contribution in [0.15, 0.2) is 0 Å². The van der Waals surface area contributed by atoms with Crippen molar-refractivity contribution in [2.75, 3.05) is 7.11 Å². The smallest absolute Gasteiger partial charge is 0.443 e. The highest BCUT2D eigenvalue weighted by Gasteiger charge is 2.36. The van der Waals surface area contributed by atoms with Crippen LogP contribution in [0.3, 0.4) is 0 Å². The van der Waals surface area contributed by atoms with E-state index < -0.39 is 23.6 Å². The zero-order valence-corrected chi connectivity index (χ0v) is 8.28. The maximum Gasteiger partial charge on any atom is 0.443 e. The maximum absolute atomic E-state index is 12.2. The number of aliphatic carboxylic acids is 1. The first-order valence-electron chi connectivity index (χ1n) is 3.67. The summed E-state index contributed by atoms with van der Waals surface area (Å²) in [5, 5.41) is 7.20. The number of carboxylic acids is 1. The Labute approximate surface area is 86.3 Å². The van der Waals surface area contributed by atoms with E-state index in [1.54, 1.807) is 0 Å². The molecule has 15 heavy (non-hydrogen) atoms. The summed E-state index contributed by atoms with van der Waals surface area (Å²) in [6.45, 7) is 0. The molecule has 0 aliphatic carbocycles. The van der Waals surface area contributed by atoms with E-state index in [9.17, 15) is 18.0 Å². The highest BCUT2D eigenvalue weighted by atomic mass is 32.1. The van der Waals surface area contributed by atoms with Gasteiger partial charge in [0.2, 0.25) is 5.01 Å². The number of nitrogens with zero attached hydrogens (tertiary/aromatic N) is 1. The molecule has 0 saturated carbocycles. The number of methoxy groups -OCH3 is 1. The molecule has 0 bridgehead atoms. The molecular weight excluding hydrogens is 235 g/mol. The highest BCUT2D eigenvalue weighted by molar-refractivity contribution is 7.13. The Morgan fingerprint density at radius 2 is 2.20 bits per heavy atom. The van der Waals surface area contributed by atoms with Crippen LogP contribution in [0.4, 0.5) is 13.2 Å². The summed E-state index contributed by atoms with van der Waals surface area (Å²) in [6.07, 6.45) is -5.16. The Morgan fingerprint density at radius 1 is 1.60 bits per heavy atom. The third-order valence-electron chi connectivity index (χ3n) is 1.41. The summed E-state index contributed by atoms with van der Waals surface area (Å²) >= 11 is 0.287. The summed E-state index contributed by atoms with van der Waals surface area (Å²) in [7, 11) is 1.17. The predicted molar refractivity (Wildman–Crippen MR) is 45.0 cm³/mol. The molecule has 84 valence electrons. The number of carboxylic acid groups (broad SMARTS) is 1. The molecule has 4 nitrogen and oxygen atoms in total. The topological polar surface area (TPSA) is 59.4 Å². The minimum atomic E-state index is -4.57. The number of thiazole rings is 1. The summed E-state index contributed by atoms with van der Waals surface area (Å²) in [5.74, 6) is -1.26. The monoisotopic (exact) mass is 241 g/mol. The number of alkyl halides is 3. The van der Waals surface area contributed by atoms with Crippen molar-refractivity contribution in [3.05, 3.63) is 10.7 Å². The Morgan fingerprint density at radius 3 is 2.60 bits per heavy atom. The summed E-state index contributed by atoms with van der Waals surface area (Å²) in [4.78, 5) is 13.5. The van der Waals surface area contributed by atoms with Gasteiger partial charge in [0.1, 0.15) is 5.69 Å². The van der Waals surface area contributed by atoms with E-state index in [4.69, 9.17) is 5.11 Å². The van der Waals surface area contributed by atoms with E-state index in [2.05, 4.69) is 9.72 Å². The van der Waals surface area contributed by atoms with Crippen LogP contribution >= 0.6 is 11.3 Å². The first-order chi connectivity index (χ1) is 6.84. The van der Waals surface area contributed by atoms with Crippen molar-refractivity contribution >= 4 is 17.3 Å². The van der Waals surface area contributed by atoms with E-state index in [1.807, 2.05) is 0 Å². The lowest BCUT2D eigenvalue weighted by Crippen LogP contribution is -2.06. The molecule has 1 aromatic heterocycles. The average molecular weight is 241 g/mol. The maximum atomic E-state index is 12.2. The molecule has 1 rings (SSSR count).